The maximum Gasteiger partial charge on any atom is 0.279 e. The van der Waals surface area contributed by atoms with Gasteiger partial charge in [0.2, 0.25) is 0 Å². The van der Waals surface area contributed by atoms with Gasteiger partial charge in [-0.3, -0.25) is 9.55 Å². The second kappa shape index (κ2) is 3.00. The normalized spacial score (nSPS) is 13.1. The molecule has 0 bridgehead atoms. The van der Waals surface area contributed by atoms with Gasteiger partial charge >= 0.3 is 0 Å². The third-order valence-electron chi connectivity index (χ3n) is 3.76. The van der Waals surface area contributed by atoms with Crippen LogP contribution in [-0.2, 0) is 6.54 Å². The molecule has 0 N–H and O–H groups in total. The Morgan fingerprint density at radius 3 is 3.21 bits per heavy atom. The first kappa shape index (κ1) is 9.27. The van der Waals surface area contributed by atoms with Crippen LogP contribution in [0.3, 0.4) is 0 Å². The molecule has 4 aromatic rings. The van der Waals surface area contributed by atoms with E-state index in [9.17, 15) is 0 Å². The number of nitrogens with zero attached hydrogens (tertiary/aromatic N) is 5. The average molecular weight is 248 g/mol. The third-order valence-corrected chi connectivity index (χ3v) is 3.76. The molecule has 90 valence electrons. The summed E-state index contributed by atoms with van der Waals surface area (Å²) in [6.07, 6.45) is 9.78. The maximum absolute atomic E-state index is 4.46. The highest BCUT2D eigenvalue weighted by Crippen LogP contribution is 2.32. The van der Waals surface area contributed by atoms with Crippen molar-refractivity contribution in [2.45, 2.75) is 6.54 Å². The quantitative estimate of drug-likeness (QED) is 0.387. The monoisotopic (exact) mass is 248 g/mol. The number of fused-ring (bicyclic) bond motifs is 7. The van der Waals surface area contributed by atoms with Crippen LogP contribution >= 0.6 is 0 Å². The summed E-state index contributed by atoms with van der Waals surface area (Å²) in [7, 11) is 0. The SMILES string of the molecule is c1cnc2c(c1)-c1c3n4cnccc4c[n+]3cn1C2. The Bertz CT molecular complexity index is 947. The van der Waals surface area contributed by atoms with Crippen molar-refractivity contribution in [1.29, 1.82) is 0 Å². The standard InChI is InChI=1S/C14H10N5/c1-2-11-12(16-4-1)7-17-9-18-6-10-3-5-15-8-19(10)14(18)13(11)17/h1-6,8-9H,7H2/q+1. The highest BCUT2D eigenvalue weighted by atomic mass is 15.2. The number of hydrogen-bond acceptors (Lipinski definition) is 2. The van der Waals surface area contributed by atoms with Gasteiger partial charge in [0.15, 0.2) is 18.3 Å². The Kier molecular flexibility index (Phi) is 1.46. The maximum atomic E-state index is 4.46. The van der Waals surface area contributed by atoms with Crippen molar-refractivity contribution >= 4 is 11.2 Å². The van der Waals surface area contributed by atoms with E-state index in [0.717, 1.165) is 23.4 Å². The van der Waals surface area contributed by atoms with Crippen molar-refractivity contribution < 1.29 is 4.40 Å². The number of imidazole rings is 2. The van der Waals surface area contributed by atoms with Crippen LogP contribution < -0.4 is 4.40 Å². The van der Waals surface area contributed by atoms with Crippen molar-refractivity contribution in [2.24, 2.45) is 0 Å². The van der Waals surface area contributed by atoms with Gasteiger partial charge in [-0.05, 0) is 18.2 Å². The summed E-state index contributed by atoms with van der Waals surface area (Å²) in [5.74, 6) is 0. The van der Waals surface area contributed by atoms with Gasteiger partial charge in [0, 0.05) is 18.0 Å². The van der Waals surface area contributed by atoms with Gasteiger partial charge in [-0.15, -0.1) is 0 Å². The van der Waals surface area contributed by atoms with E-state index in [-0.39, 0.29) is 0 Å². The third kappa shape index (κ3) is 1.03. The lowest BCUT2D eigenvalue weighted by molar-refractivity contribution is -0.509. The Morgan fingerprint density at radius 1 is 1.21 bits per heavy atom. The van der Waals surface area contributed by atoms with E-state index in [4.69, 9.17) is 0 Å². The fourth-order valence-electron chi connectivity index (χ4n) is 2.98. The van der Waals surface area contributed by atoms with Gasteiger partial charge in [-0.2, -0.15) is 0 Å². The summed E-state index contributed by atoms with van der Waals surface area (Å²) in [6, 6.07) is 6.14. The highest BCUT2D eigenvalue weighted by Gasteiger charge is 2.30. The van der Waals surface area contributed by atoms with Gasteiger partial charge < -0.3 is 0 Å². The minimum Gasteiger partial charge on any atom is -0.257 e. The Hall–Kier alpha value is -2.69. The molecule has 0 radical (unpaired) electrons. The van der Waals surface area contributed by atoms with E-state index in [1.165, 1.54) is 11.3 Å². The second-order valence-corrected chi connectivity index (χ2v) is 4.82. The highest BCUT2D eigenvalue weighted by molar-refractivity contribution is 5.78. The lowest BCUT2D eigenvalue weighted by Crippen LogP contribution is -2.15. The second-order valence-electron chi connectivity index (χ2n) is 4.82. The molecule has 0 aliphatic carbocycles. The van der Waals surface area contributed by atoms with E-state index in [1.54, 1.807) is 0 Å². The predicted octanol–water partition coefficient (Wildman–Crippen LogP) is 1.30. The zero-order valence-corrected chi connectivity index (χ0v) is 10.1. The van der Waals surface area contributed by atoms with Crippen molar-refractivity contribution in [3.63, 3.8) is 0 Å². The van der Waals surface area contributed by atoms with Crippen LogP contribution in [0.4, 0.5) is 0 Å². The van der Waals surface area contributed by atoms with Crippen molar-refractivity contribution in [1.82, 2.24) is 18.9 Å². The van der Waals surface area contributed by atoms with Gasteiger partial charge in [-0.25, -0.2) is 13.8 Å². The lowest BCUT2D eigenvalue weighted by atomic mass is 10.2. The molecule has 5 rings (SSSR count). The fourth-order valence-corrected chi connectivity index (χ4v) is 2.98. The molecular formula is C14H10N5+. The predicted molar refractivity (Wildman–Crippen MR) is 68.7 cm³/mol. The summed E-state index contributed by atoms with van der Waals surface area (Å²) in [5.41, 5.74) is 5.87. The molecule has 0 saturated carbocycles. The molecule has 0 spiro atoms. The summed E-state index contributed by atoms with van der Waals surface area (Å²) in [5, 5.41) is 0. The van der Waals surface area contributed by atoms with Gasteiger partial charge in [0.25, 0.3) is 5.65 Å². The average Bonchev–Trinajstić information content (AvgIpc) is 3.04. The van der Waals surface area contributed by atoms with Gasteiger partial charge in [0.05, 0.1) is 5.69 Å². The van der Waals surface area contributed by atoms with E-state index >= 15 is 0 Å². The van der Waals surface area contributed by atoms with Gasteiger partial charge in [0.1, 0.15) is 18.3 Å². The van der Waals surface area contributed by atoms with Crippen molar-refractivity contribution in [2.75, 3.05) is 0 Å². The molecular weight excluding hydrogens is 238 g/mol. The first-order valence-corrected chi connectivity index (χ1v) is 6.21. The minimum absolute atomic E-state index is 0.843. The molecule has 0 atom stereocenters. The van der Waals surface area contributed by atoms with Crippen molar-refractivity contribution in [3.05, 3.63) is 55.1 Å². The zero-order valence-electron chi connectivity index (χ0n) is 10.1. The van der Waals surface area contributed by atoms with E-state index in [0.29, 0.717) is 0 Å². The fraction of sp³-hybridized carbons (Fsp3) is 0.0714. The zero-order chi connectivity index (χ0) is 12.4. The molecule has 5 nitrogen and oxygen atoms in total. The molecule has 0 aromatic carbocycles. The molecule has 19 heavy (non-hydrogen) atoms. The number of aromatic nitrogens is 5. The van der Waals surface area contributed by atoms with Crippen LogP contribution in [0.25, 0.3) is 22.4 Å². The molecule has 0 fully saturated rings. The lowest BCUT2D eigenvalue weighted by Gasteiger charge is -1.93. The molecule has 5 heterocycles. The smallest absolute Gasteiger partial charge is 0.257 e. The molecule has 1 aliphatic heterocycles. The van der Waals surface area contributed by atoms with Crippen molar-refractivity contribution in [3.8, 4) is 11.3 Å². The summed E-state index contributed by atoms with van der Waals surface area (Å²) in [6.45, 7) is 0.843. The Balaban J connectivity index is 2.00. The summed E-state index contributed by atoms with van der Waals surface area (Å²) < 4.78 is 6.52. The van der Waals surface area contributed by atoms with Crippen LogP contribution in [0.2, 0.25) is 0 Å². The Morgan fingerprint density at radius 2 is 2.21 bits per heavy atom. The van der Waals surface area contributed by atoms with E-state index in [1.807, 2.05) is 30.9 Å². The van der Waals surface area contributed by atoms with Gasteiger partial charge in [-0.1, -0.05) is 0 Å². The molecule has 4 aromatic heterocycles. The first-order chi connectivity index (χ1) is 9.42. The molecule has 0 saturated heterocycles. The number of pyridine rings is 1. The summed E-state index contributed by atoms with van der Waals surface area (Å²) in [4.78, 5) is 8.68. The van der Waals surface area contributed by atoms with Crippen LogP contribution in [0.15, 0.2) is 49.4 Å². The molecule has 1 aliphatic rings. The largest absolute Gasteiger partial charge is 0.279 e. The van der Waals surface area contributed by atoms with Crippen LogP contribution in [0.5, 0.6) is 0 Å². The van der Waals surface area contributed by atoms with Crippen LogP contribution in [0, 0.1) is 0 Å². The topological polar surface area (TPSA) is 39.2 Å². The molecule has 5 heteroatoms. The number of hydrogen-bond donors (Lipinski definition) is 0. The Labute approximate surface area is 108 Å². The molecule has 0 unspecified atom stereocenters. The van der Waals surface area contributed by atoms with Crippen LogP contribution in [0.1, 0.15) is 5.69 Å². The van der Waals surface area contributed by atoms with E-state index in [2.05, 4.69) is 41.9 Å². The van der Waals surface area contributed by atoms with Crippen LogP contribution in [-0.4, -0.2) is 18.9 Å². The summed E-state index contributed by atoms with van der Waals surface area (Å²) >= 11 is 0. The molecule has 0 amide bonds. The first-order valence-electron chi connectivity index (χ1n) is 6.21. The number of rotatable bonds is 0. The minimum atomic E-state index is 0.843. The van der Waals surface area contributed by atoms with E-state index < -0.39 is 0 Å².